The fourth-order valence-electron chi connectivity index (χ4n) is 3.72. The molecule has 0 atom stereocenters. The number of nitro groups is 1. The molecule has 0 radical (unpaired) electrons. The van der Waals surface area contributed by atoms with E-state index in [1.807, 2.05) is 56.3 Å². The zero-order chi connectivity index (χ0) is 24.9. The normalized spacial score (nSPS) is 10.6. The van der Waals surface area contributed by atoms with E-state index in [0.29, 0.717) is 22.4 Å². The predicted molar refractivity (Wildman–Crippen MR) is 131 cm³/mol. The van der Waals surface area contributed by atoms with Crippen LogP contribution < -0.4 is 10.9 Å². The zero-order valence-electron chi connectivity index (χ0n) is 19.2. The number of rotatable bonds is 6. The van der Waals surface area contributed by atoms with Crippen LogP contribution >= 0.6 is 0 Å². The number of nitrogens with one attached hydrogen (secondary N) is 2. The van der Waals surface area contributed by atoms with E-state index in [-0.39, 0.29) is 12.1 Å². The molecule has 0 unspecified atom stereocenters. The SMILES string of the molecule is Cc1ccc(C(=O)NNC(=O)Cc2cn(-c3ccccc3)nc2-c2ccc([N+](=O)[O-])cc2)c(C)c1. The molecule has 9 nitrogen and oxygen atoms in total. The Labute approximate surface area is 201 Å². The second-order valence-electron chi connectivity index (χ2n) is 8.08. The van der Waals surface area contributed by atoms with E-state index in [1.165, 1.54) is 12.1 Å². The van der Waals surface area contributed by atoms with Crippen LogP contribution in [-0.2, 0) is 11.2 Å². The fraction of sp³-hybridized carbons (Fsp3) is 0.115. The number of para-hydroxylation sites is 1. The van der Waals surface area contributed by atoms with Gasteiger partial charge < -0.3 is 0 Å². The average Bonchev–Trinajstić information content (AvgIpc) is 3.27. The van der Waals surface area contributed by atoms with Crippen LogP contribution in [0.2, 0.25) is 0 Å². The Balaban J connectivity index is 1.55. The van der Waals surface area contributed by atoms with Crippen LogP contribution in [0.5, 0.6) is 0 Å². The third kappa shape index (κ3) is 5.41. The van der Waals surface area contributed by atoms with Crippen LogP contribution in [0.15, 0.2) is 79.0 Å². The van der Waals surface area contributed by atoms with Gasteiger partial charge in [0, 0.05) is 35.0 Å². The highest BCUT2D eigenvalue weighted by molar-refractivity contribution is 5.97. The van der Waals surface area contributed by atoms with Gasteiger partial charge in [-0.2, -0.15) is 5.10 Å². The topological polar surface area (TPSA) is 119 Å². The van der Waals surface area contributed by atoms with E-state index in [4.69, 9.17) is 0 Å². The van der Waals surface area contributed by atoms with Crippen molar-refractivity contribution in [1.82, 2.24) is 20.6 Å². The fourth-order valence-corrected chi connectivity index (χ4v) is 3.72. The van der Waals surface area contributed by atoms with Crippen molar-refractivity contribution in [2.75, 3.05) is 0 Å². The number of carbonyl (C=O) groups is 2. The summed E-state index contributed by atoms with van der Waals surface area (Å²) in [5, 5.41) is 15.6. The van der Waals surface area contributed by atoms with Gasteiger partial charge in [0.05, 0.1) is 22.7 Å². The number of nitrogens with zero attached hydrogens (tertiary/aromatic N) is 3. The molecule has 3 aromatic carbocycles. The highest BCUT2D eigenvalue weighted by Gasteiger charge is 2.17. The number of aromatic nitrogens is 2. The molecule has 0 aliphatic carbocycles. The first-order valence-electron chi connectivity index (χ1n) is 10.9. The van der Waals surface area contributed by atoms with Crippen molar-refractivity contribution in [1.29, 1.82) is 0 Å². The van der Waals surface area contributed by atoms with Gasteiger partial charge >= 0.3 is 0 Å². The maximum atomic E-state index is 12.7. The van der Waals surface area contributed by atoms with E-state index in [9.17, 15) is 19.7 Å². The number of hydrogen-bond acceptors (Lipinski definition) is 5. The van der Waals surface area contributed by atoms with Gasteiger partial charge in [-0.1, -0.05) is 35.9 Å². The average molecular weight is 470 g/mol. The predicted octanol–water partition coefficient (Wildman–Crippen LogP) is 4.07. The van der Waals surface area contributed by atoms with Crippen LogP contribution in [0, 0.1) is 24.0 Å². The Bertz CT molecular complexity index is 1400. The molecule has 2 N–H and O–H groups in total. The highest BCUT2D eigenvalue weighted by Crippen LogP contribution is 2.26. The molecular formula is C26H23N5O4. The van der Waals surface area contributed by atoms with Crippen molar-refractivity contribution in [3.63, 3.8) is 0 Å². The van der Waals surface area contributed by atoms with Crippen molar-refractivity contribution < 1.29 is 14.5 Å². The number of carbonyl (C=O) groups excluding carboxylic acids is 2. The number of amides is 2. The van der Waals surface area contributed by atoms with Gasteiger partial charge in [0.25, 0.3) is 11.6 Å². The standard InChI is InChI=1S/C26H23N5O4/c1-17-8-13-23(18(2)14-17)26(33)28-27-24(32)15-20-16-30(21-6-4-3-5-7-21)29-25(20)19-9-11-22(12-10-19)31(34)35/h3-14,16H,15H2,1-2H3,(H,27,32)(H,28,33). The van der Waals surface area contributed by atoms with Gasteiger partial charge in [0.1, 0.15) is 0 Å². The molecule has 1 aromatic heterocycles. The summed E-state index contributed by atoms with van der Waals surface area (Å²) in [6, 6.07) is 20.8. The molecular weight excluding hydrogens is 446 g/mol. The number of benzene rings is 3. The van der Waals surface area contributed by atoms with Crippen molar-refractivity contribution >= 4 is 17.5 Å². The van der Waals surface area contributed by atoms with E-state index in [1.54, 1.807) is 29.1 Å². The molecule has 4 rings (SSSR count). The molecule has 9 heteroatoms. The lowest BCUT2D eigenvalue weighted by molar-refractivity contribution is -0.384. The maximum absolute atomic E-state index is 12.7. The van der Waals surface area contributed by atoms with Gasteiger partial charge in [0.2, 0.25) is 5.91 Å². The minimum Gasteiger partial charge on any atom is -0.273 e. The minimum absolute atomic E-state index is 0.0374. The lowest BCUT2D eigenvalue weighted by atomic mass is 10.1. The smallest absolute Gasteiger partial charge is 0.269 e. The molecule has 2 amide bonds. The van der Waals surface area contributed by atoms with E-state index in [2.05, 4.69) is 16.0 Å². The van der Waals surface area contributed by atoms with Gasteiger partial charge in [0.15, 0.2) is 0 Å². The molecule has 0 aliphatic heterocycles. The first-order chi connectivity index (χ1) is 16.8. The monoisotopic (exact) mass is 469 g/mol. The summed E-state index contributed by atoms with van der Waals surface area (Å²) >= 11 is 0. The number of nitro benzene ring substituents is 1. The van der Waals surface area contributed by atoms with Gasteiger partial charge in [-0.05, 0) is 49.7 Å². The number of non-ortho nitro benzene ring substituents is 1. The quantitative estimate of drug-likeness (QED) is 0.326. The number of hydrazine groups is 1. The Morgan fingerprint density at radius 1 is 0.971 bits per heavy atom. The second-order valence-corrected chi connectivity index (χ2v) is 8.08. The van der Waals surface area contributed by atoms with Crippen molar-refractivity contribution in [2.24, 2.45) is 0 Å². The molecule has 176 valence electrons. The summed E-state index contributed by atoms with van der Waals surface area (Å²) < 4.78 is 1.65. The van der Waals surface area contributed by atoms with Crippen molar-refractivity contribution in [2.45, 2.75) is 20.3 Å². The van der Waals surface area contributed by atoms with Crippen LogP contribution in [-0.4, -0.2) is 26.5 Å². The Morgan fingerprint density at radius 2 is 1.69 bits per heavy atom. The molecule has 4 aromatic rings. The van der Waals surface area contributed by atoms with Crippen LogP contribution in [0.4, 0.5) is 5.69 Å². The Hall–Kier alpha value is -4.79. The summed E-state index contributed by atoms with van der Waals surface area (Å²) in [5.41, 5.74) is 9.73. The van der Waals surface area contributed by atoms with Crippen LogP contribution in [0.1, 0.15) is 27.0 Å². The molecule has 0 aliphatic rings. The number of aryl methyl sites for hydroxylation is 2. The summed E-state index contributed by atoms with van der Waals surface area (Å²) in [6.45, 7) is 3.77. The third-order valence-electron chi connectivity index (χ3n) is 5.46. The summed E-state index contributed by atoms with van der Waals surface area (Å²) in [5.74, 6) is -0.842. The first kappa shape index (κ1) is 23.4. The lowest BCUT2D eigenvalue weighted by Crippen LogP contribution is -2.42. The zero-order valence-corrected chi connectivity index (χ0v) is 19.2. The van der Waals surface area contributed by atoms with Crippen molar-refractivity contribution in [3.8, 4) is 16.9 Å². The molecule has 35 heavy (non-hydrogen) atoms. The van der Waals surface area contributed by atoms with Gasteiger partial charge in [-0.3, -0.25) is 30.6 Å². The largest absolute Gasteiger partial charge is 0.273 e. The summed E-state index contributed by atoms with van der Waals surface area (Å²) in [6.07, 6.45) is 1.67. The van der Waals surface area contributed by atoms with E-state index >= 15 is 0 Å². The minimum atomic E-state index is -0.473. The van der Waals surface area contributed by atoms with E-state index in [0.717, 1.165) is 16.8 Å². The van der Waals surface area contributed by atoms with Crippen LogP contribution in [0.25, 0.3) is 16.9 Å². The van der Waals surface area contributed by atoms with Gasteiger partial charge in [-0.25, -0.2) is 4.68 Å². The molecule has 0 saturated heterocycles. The molecule has 0 saturated carbocycles. The lowest BCUT2D eigenvalue weighted by Gasteiger charge is -2.10. The first-order valence-corrected chi connectivity index (χ1v) is 10.9. The summed E-state index contributed by atoms with van der Waals surface area (Å²) in [4.78, 5) is 35.8. The summed E-state index contributed by atoms with van der Waals surface area (Å²) in [7, 11) is 0. The number of hydrogen-bond donors (Lipinski definition) is 2. The van der Waals surface area contributed by atoms with Crippen LogP contribution in [0.3, 0.4) is 0 Å². The van der Waals surface area contributed by atoms with E-state index < -0.39 is 16.7 Å². The van der Waals surface area contributed by atoms with Gasteiger partial charge in [-0.15, -0.1) is 0 Å². The second kappa shape index (κ2) is 10.0. The Morgan fingerprint density at radius 3 is 2.34 bits per heavy atom. The Kier molecular flexibility index (Phi) is 6.68. The highest BCUT2D eigenvalue weighted by atomic mass is 16.6. The molecule has 0 spiro atoms. The third-order valence-corrected chi connectivity index (χ3v) is 5.46. The molecule has 1 heterocycles. The molecule has 0 bridgehead atoms. The molecule has 0 fully saturated rings. The van der Waals surface area contributed by atoms with Crippen molar-refractivity contribution in [3.05, 3.63) is 111 Å². The maximum Gasteiger partial charge on any atom is 0.269 e.